The summed E-state index contributed by atoms with van der Waals surface area (Å²) in [6.45, 7) is 0. The van der Waals surface area contributed by atoms with Crippen LogP contribution < -0.4 is 0 Å². The van der Waals surface area contributed by atoms with E-state index >= 15 is 0 Å². The van der Waals surface area contributed by atoms with Crippen LogP contribution in [-0.4, -0.2) is 48.9 Å². The second-order valence-corrected chi connectivity index (χ2v) is 0. The Hall–Kier alpha value is 3.38. The van der Waals surface area contributed by atoms with Gasteiger partial charge in [0.2, 0.25) is 0 Å². The van der Waals surface area contributed by atoms with Crippen LogP contribution >= 0.6 is 12.4 Å². The molecule has 0 aliphatic carbocycles. The molecule has 0 N–H and O–H groups in total. The van der Waals surface area contributed by atoms with Gasteiger partial charge in [0.25, 0.3) is 0 Å². The van der Waals surface area contributed by atoms with Crippen LogP contribution in [0.25, 0.3) is 0 Å². The van der Waals surface area contributed by atoms with E-state index in [-0.39, 0.29) is 118 Å². The van der Waals surface area contributed by atoms with Gasteiger partial charge in [0.1, 0.15) is 0 Å². The maximum absolute atomic E-state index is 0. The monoisotopic (exact) mass is 349 g/mol. The van der Waals surface area contributed by atoms with Gasteiger partial charge in [-0.3, -0.25) is 4.70 Å². The summed E-state index contributed by atoms with van der Waals surface area (Å²) in [6, 6.07) is 0. The van der Waals surface area contributed by atoms with Crippen molar-refractivity contribution in [2.45, 2.75) is 0 Å². The summed E-state index contributed by atoms with van der Waals surface area (Å²) >= 11 is 0. The zero-order valence-electron chi connectivity index (χ0n) is 3.90. The molecule has 0 fully saturated rings. The first-order valence-electron chi connectivity index (χ1n) is 0. The van der Waals surface area contributed by atoms with E-state index in [1.165, 1.54) is 0 Å². The first-order valence-corrected chi connectivity index (χ1v) is 0. The molecular formula is H4BaClEuF. The fourth-order valence-corrected chi connectivity index (χ4v) is 0. The van der Waals surface area contributed by atoms with Crippen molar-refractivity contribution in [1.82, 2.24) is 0 Å². The number of halogens is 2. The molecule has 0 aromatic carbocycles. The van der Waals surface area contributed by atoms with Crippen LogP contribution in [0.2, 0.25) is 0 Å². The van der Waals surface area contributed by atoms with Crippen molar-refractivity contribution in [3.8, 4) is 0 Å². The van der Waals surface area contributed by atoms with E-state index in [0.29, 0.717) is 0 Å². The summed E-state index contributed by atoms with van der Waals surface area (Å²) in [5.41, 5.74) is 0. The Morgan fingerprint density at radius 3 is 1.25 bits per heavy atom. The Kier molecular flexibility index (Phi) is 106. The van der Waals surface area contributed by atoms with Crippen LogP contribution in [0.15, 0.2) is 0 Å². The summed E-state index contributed by atoms with van der Waals surface area (Å²) < 4.78 is 0. The van der Waals surface area contributed by atoms with E-state index in [0.717, 1.165) is 0 Å². The minimum absolute atomic E-state index is 0. The van der Waals surface area contributed by atoms with Crippen molar-refractivity contribution < 1.29 is 56.9 Å². The fourth-order valence-electron chi connectivity index (χ4n) is 0. The van der Waals surface area contributed by atoms with Gasteiger partial charge in [-0.2, -0.15) is 0 Å². The third kappa shape index (κ3) is 9.03. The molecule has 1 radical (unpaired) electrons. The third-order valence-corrected chi connectivity index (χ3v) is 0. The maximum Gasteiger partial charge on any atom is 2.00 e. The van der Waals surface area contributed by atoms with Crippen molar-refractivity contribution in [2.24, 2.45) is 0 Å². The van der Waals surface area contributed by atoms with Gasteiger partial charge in [0.05, 0.1) is 0 Å². The molecule has 0 amide bonds. The number of hydrogen-bond donors (Lipinski definition) is 0. The van der Waals surface area contributed by atoms with E-state index in [1.54, 1.807) is 0 Å². The van der Waals surface area contributed by atoms with Crippen molar-refractivity contribution in [3.05, 3.63) is 0 Å². The molecule has 27 valence electrons. The Labute approximate surface area is 115 Å². The van der Waals surface area contributed by atoms with Gasteiger partial charge < -0.3 is 2.85 Å². The normalized spacial score (nSPS) is 0. The molecule has 0 nitrogen and oxygen atoms in total. The second kappa shape index (κ2) is 16.2. The molecule has 0 rings (SSSR count). The van der Waals surface area contributed by atoms with E-state index in [4.69, 9.17) is 0 Å². The van der Waals surface area contributed by atoms with Gasteiger partial charge in [-0.05, 0) is 0 Å². The molecule has 4 heteroatoms. The molecule has 0 spiro atoms. The zero-order chi connectivity index (χ0) is 0. The molecule has 0 heterocycles. The van der Waals surface area contributed by atoms with E-state index in [2.05, 4.69) is 0 Å². The third-order valence-electron chi connectivity index (χ3n) is 0. The smallest absolute Gasteiger partial charge is 1.00 e. The maximum atomic E-state index is 0. The average molecular weight is 348 g/mol. The summed E-state index contributed by atoms with van der Waals surface area (Å²) in [5, 5.41) is 0. The van der Waals surface area contributed by atoms with Crippen LogP contribution in [0, 0.1) is 49.4 Å². The molecule has 0 aromatic heterocycles. The molecule has 0 bridgehead atoms. The molecule has 0 aliphatic heterocycles. The molecule has 0 unspecified atom stereocenters. The minimum atomic E-state index is 0. The summed E-state index contributed by atoms with van der Waals surface area (Å²) in [6.07, 6.45) is 0. The van der Waals surface area contributed by atoms with Crippen molar-refractivity contribution >= 4 is 61.3 Å². The Balaban J connectivity index is 0. The predicted octanol–water partition coefficient (Wildman–Crippen LogP) is 0.419. The van der Waals surface area contributed by atoms with E-state index < -0.39 is 0 Å². The first kappa shape index (κ1) is 26.3. The first-order chi connectivity index (χ1) is 0. The average Bonchev–Trinajstić information content (AvgIpc) is 0. The van der Waals surface area contributed by atoms with Crippen LogP contribution in [0.4, 0.5) is 4.70 Å². The Morgan fingerprint density at radius 1 is 1.25 bits per heavy atom. The van der Waals surface area contributed by atoms with Crippen molar-refractivity contribution in [1.29, 1.82) is 0 Å². The van der Waals surface area contributed by atoms with Crippen LogP contribution in [0.5, 0.6) is 0 Å². The van der Waals surface area contributed by atoms with Crippen LogP contribution in [-0.2, 0) is 0 Å². The Morgan fingerprint density at radius 2 is 1.25 bits per heavy atom. The predicted molar refractivity (Wildman–Crippen MR) is 17.7 cm³/mol. The van der Waals surface area contributed by atoms with Gasteiger partial charge in [0.15, 0.2) is 0 Å². The van der Waals surface area contributed by atoms with Crippen LogP contribution in [0.3, 0.4) is 0 Å². The summed E-state index contributed by atoms with van der Waals surface area (Å²) in [5.74, 6) is 0. The molecule has 0 saturated carbocycles. The second-order valence-electron chi connectivity index (χ2n) is 0. The van der Waals surface area contributed by atoms with Gasteiger partial charge >= 0.3 is 48.9 Å². The summed E-state index contributed by atoms with van der Waals surface area (Å²) in [7, 11) is 0. The molecule has 4 heavy (non-hydrogen) atoms. The fraction of sp³-hybridized carbons (Fsp3) is 0. The standard InChI is InChI=1S/Ba.ClH.Eu.FH.2H/h;1H;;1H;;/q+2;;;;2*-1. The van der Waals surface area contributed by atoms with Gasteiger partial charge in [-0.25, -0.2) is 0 Å². The number of rotatable bonds is 0. The van der Waals surface area contributed by atoms with Crippen molar-refractivity contribution in [2.75, 3.05) is 0 Å². The van der Waals surface area contributed by atoms with E-state index in [1.807, 2.05) is 0 Å². The minimum Gasteiger partial charge on any atom is -1.00 e. The van der Waals surface area contributed by atoms with E-state index in [9.17, 15) is 0 Å². The molecule has 0 aromatic rings. The van der Waals surface area contributed by atoms with Gasteiger partial charge in [0, 0.05) is 49.4 Å². The largest absolute Gasteiger partial charge is 2.00 e. The topological polar surface area (TPSA) is 0 Å². The van der Waals surface area contributed by atoms with Gasteiger partial charge in [-0.1, -0.05) is 0 Å². The molecule has 0 saturated heterocycles. The van der Waals surface area contributed by atoms with Crippen molar-refractivity contribution in [3.63, 3.8) is 0 Å². The quantitative estimate of drug-likeness (QED) is 0.557. The van der Waals surface area contributed by atoms with Gasteiger partial charge in [-0.15, -0.1) is 12.4 Å². The zero-order valence-corrected chi connectivity index (χ0v) is 9.58. The Bertz CT molecular complexity index is 13.5. The molecule has 0 aliphatic rings. The molecular weight excluding hydrogens is 344 g/mol. The van der Waals surface area contributed by atoms with Crippen LogP contribution in [0.1, 0.15) is 2.85 Å². The number of hydrogen-bond acceptors (Lipinski definition) is 0. The SMILES string of the molecule is Cl.F.[Ba+2].[Eu].[H-].[H-]. The molecule has 0 atom stereocenters. The summed E-state index contributed by atoms with van der Waals surface area (Å²) in [4.78, 5) is 0.